The highest BCUT2D eigenvalue weighted by Gasteiger charge is 2.27. The lowest BCUT2D eigenvalue weighted by atomic mass is 10.0. The smallest absolute Gasteiger partial charge is 0.306 e. The van der Waals surface area contributed by atoms with Crippen LogP contribution < -0.4 is 10.2 Å². The molecule has 3 unspecified atom stereocenters. The van der Waals surface area contributed by atoms with Crippen LogP contribution in [0.1, 0.15) is 265 Å². The van der Waals surface area contributed by atoms with Crippen molar-refractivity contribution in [1.29, 1.82) is 0 Å². The summed E-state index contributed by atoms with van der Waals surface area (Å²) in [5, 5.41) is 3.01. The van der Waals surface area contributed by atoms with Crippen molar-refractivity contribution in [1.82, 2.24) is 5.32 Å². The Kier molecular flexibility index (Phi) is 55.4. The third kappa shape index (κ3) is 59.1. The molecule has 0 fully saturated rings. The number of hydrogen-bond donors (Lipinski definition) is 1. The van der Waals surface area contributed by atoms with Crippen LogP contribution in [-0.2, 0) is 27.9 Å². The standard InChI is InChI=1S/C69H121N2O7P/c1-7-10-13-16-19-22-25-28-30-32-33-34-35-36-37-39-40-43-46-49-52-55-58-61-68(72)70-66(65-77-79(74,75)76-64-63-71(4,5)6)67(60-57-54-51-48-45-42-27-24-21-18-15-12-9-3)78-69(73)62-59-56-53-50-47-44-41-38-31-29-26-23-20-17-14-11-8-2/h19-20,22-23,28-31,33-34,36-37,41,44,50,53,57,60,66-67H,7-18,21,24-27,32,35,38-40,42-43,45-49,51-52,54-56,58-59,61-65H2,1-6H3,(H-,70,72,74,75)/b22-19-,23-20-,30-28-,31-29-,34-33-,37-36-,44-41-,53-50-,60-57-. The molecule has 0 radical (unpaired) electrons. The van der Waals surface area contributed by atoms with E-state index in [1.165, 1.54) is 128 Å². The van der Waals surface area contributed by atoms with E-state index in [1.807, 2.05) is 33.3 Å². The molecule has 0 aromatic rings. The number of quaternary nitrogens is 1. The number of nitrogens with one attached hydrogen (secondary N) is 1. The van der Waals surface area contributed by atoms with Crippen molar-refractivity contribution in [3.63, 3.8) is 0 Å². The predicted molar refractivity (Wildman–Crippen MR) is 339 cm³/mol. The summed E-state index contributed by atoms with van der Waals surface area (Å²) >= 11 is 0. The van der Waals surface area contributed by atoms with E-state index < -0.39 is 32.5 Å². The fourth-order valence-corrected chi connectivity index (χ4v) is 9.40. The molecule has 9 nitrogen and oxygen atoms in total. The Morgan fingerprint density at radius 2 is 0.785 bits per heavy atom. The van der Waals surface area contributed by atoms with Gasteiger partial charge >= 0.3 is 5.97 Å². The number of unbranched alkanes of at least 4 members (excludes halogenated alkanes) is 25. The molecule has 0 bridgehead atoms. The quantitative estimate of drug-likeness (QED) is 0.0212. The minimum atomic E-state index is -4.72. The van der Waals surface area contributed by atoms with Crippen LogP contribution in [0.5, 0.6) is 0 Å². The summed E-state index contributed by atoms with van der Waals surface area (Å²) in [6, 6.07) is -0.924. The van der Waals surface area contributed by atoms with Gasteiger partial charge in [0.1, 0.15) is 19.3 Å². The highest BCUT2D eigenvalue weighted by atomic mass is 31.2. The number of rotatable bonds is 57. The van der Waals surface area contributed by atoms with E-state index in [4.69, 9.17) is 13.8 Å². The molecule has 0 aromatic heterocycles. The minimum Gasteiger partial charge on any atom is -0.756 e. The van der Waals surface area contributed by atoms with Gasteiger partial charge in [-0.05, 0) is 115 Å². The van der Waals surface area contributed by atoms with Crippen molar-refractivity contribution in [3.05, 3.63) is 109 Å². The zero-order valence-corrected chi connectivity index (χ0v) is 52.7. The fraction of sp³-hybridized carbons (Fsp3) is 0.710. The number of hydrogen-bond acceptors (Lipinski definition) is 7. The van der Waals surface area contributed by atoms with Crippen molar-refractivity contribution >= 4 is 19.7 Å². The monoisotopic (exact) mass is 1120 g/mol. The molecule has 0 aromatic carbocycles. The average molecular weight is 1120 g/mol. The van der Waals surface area contributed by atoms with Gasteiger partial charge in [-0.25, -0.2) is 0 Å². The number of phosphoric acid groups is 1. The molecule has 0 saturated carbocycles. The highest BCUT2D eigenvalue weighted by Crippen LogP contribution is 2.38. The highest BCUT2D eigenvalue weighted by molar-refractivity contribution is 7.45. The van der Waals surface area contributed by atoms with E-state index in [0.29, 0.717) is 23.9 Å². The van der Waals surface area contributed by atoms with Gasteiger partial charge in [0.15, 0.2) is 0 Å². The Hall–Kier alpha value is -3.33. The van der Waals surface area contributed by atoms with Crippen molar-refractivity contribution < 1.29 is 37.3 Å². The molecule has 0 aliphatic carbocycles. The Balaban J connectivity index is 5.34. The second kappa shape index (κ2) is 57.9. The summed E-state index contributed by atoms with van der Waals surface area (Å²) in [4.78, 5) is 40.0. The van der Waals surface area contributed by atoms with Gasteiger partial charge in [0.25, 0.3) is 7.82 Å². The molecule has 454 valence electrons. The summed E-state index contributed by atoms with van der Waals surface area (Å²) in [6.45, 7) is 6.74. The van der Waals surface area contributed by atoms with Gasteiger partial charge in [0, 0.05) is 12.8 Å². The lowest BCUT2D eigenvalue weighted by Gasteiger charge is -2.30. The van der Waals surface area contributed by atoms with E-state index in [1.54, 1.807) is 0 Å². The number of amides is 1. The van der Waals surface area contributed by atoms with E-state index in [0.717, 1.165) is 89.9 Å². The Bertz CT molecular complexity index is 1720. The summed E-state index contributed by atoms with van der Waals surface area (Å²) in [5.74, 6) is -0.622. The first kappa shape index (κ1) is 75.7. The molecule has 0 aliphatic rings. The fourth-order valence-electron chi connectivity index (χ4n) is 8.67. The van der Waals surface area contributed by atoms with Crippen LogP contribution in [0.3, 0.4) is 0 Å². The van der Waals surface area contributed by atoms with Crippen LogP contribution in [0.4, 0.5) is 0 Å². The van der Waals surface area contributed by atoms with E-state index >= 15 is 0 Å². The lowest BCUT2D eigenvalue weighted by Crippen LogP contribution is -2.47. The predicted octanol–water partition coefficient (Wildman–Crippen LogP) is 19.5. The number of likely N-dealkylation sites (N-methyl/N-ethyl adjacent to an activating group) is 1. The molecule has 0 aliphatic heterocycles. The zero-order valence-electron chi connectivity index (χ0n) is 51.8. The summed E-state index contributed by atoms with van der Waals surface area (Å²) in [7, 11) is 1.14. The topological polar surface area (TPSA) is 114 Å². The Morgan fingerprint density at radius 1 is 0.443 bits per heavy atom. The molecule has 10 heteroatoms. The molecular formula is C69H121N2O7P. The van der Waals surface area contributed by atoms with Crippen molar-refractivity contribution in [2.24, 2.45) is 0 Å². The number of carbonyl (C=O) groups excluding carboxylic acids is 2. The van der Waals surface area contributed by atoms with Gasteiger partial charge in [-0.3, -0.25) is 14.2 Å². The van der Waals surface area contributed by atoms with Crippen molar-refractivity contribution in [3.8, 4) is 0 Å². The number of esters is 1. The Labute approximate surface area is 487 Å². The zero-order chi connectivity index (χ0) is 57.9. The molecule has 0 rings (SSSR count). The van der Waals surface area contributed by atoms with Crippen molar-refractivity contribution in [2.75, 3.05) is 40.9 Å². The normalized spacial score (nSPS) is 14.4. The maximum absolute atomic E-state index is 13.6. The Morgan fingerprint density at radius 3 is 1.20 bits per heavy atom. The third-order valence-corrected chi connectivity index (χ3v) is 14.6. The number of carbonyl (C=O) groups is 2. The lowest BCUT2D eigenvalue weighted by molar-refractivity contribution is -0.870. The first-order valence-corrected chi connectivity index (χ1v) is 33.7. The first-order valence-electron chi connectivity index (χ1n) is 32.2. The first-order chi connectivity index (χ1) is 38.4. The number of ether oxygens (including phenoxy) is 1. The second-order valence-corrected chi connectivity index (χ2v) is 24.0. The minimum absolute atomic E-state index is 0.0383. The summed E-state index contributed by atoms with van der Waals surface area (Å²) in [6.07, 6.45) is 79.1. The van der Waals surface area contributed by atoms with Gasteiger partial charge in [0.2, 0.25) is 5.91 Å². The number of phosphoric ester groups is 1. The van der Waals surface area contributed by atoms with Crippen LogP contribution in [0.25, 0.3) is 0 Å². The summed E-state index contributed by atoms with van der Waals surface area (Å²) < 4.78 is 30.3. The van der Waals surface area contributed by atoms with E-state index in [-0.39, 0.29) is 25.4 Å². The molecule has 0 saturated heterocycles. The van der Waals surface area contributed by atoms with Crippen LogP contribution in [0, 0.1) is 0 Å². The van der Waals surface area contributed by atoms with Crippen LogP contribution in [0.15, 0.2) is 109 Å². The molecule has 1 N–H and O–H groups in total. The second-order valence-electron chi connectivity index (χ2n) is 22.6. The van der Waals surface area contributed by atoms with Gasteiger partial charge in [-0.2, -0.15) is 0 Å². The molecule has 3 atom stereocenters. The SMILES string of the molecule is CCCCC/C=C\C/C=C\C/C=C\C/C=C\CCCCCCCCCC(=O)NC(COP(=O)([O-])OCC[N+](C)(C)C)C(/C=C\CCCCCCCCCCCCC)OC(=O)CCC/C=C\C/C=C\C/C=C\C/C=C\CCCCC. The van der Waals surface area contributed by atoms with Crippen LogP contribution in [0.2, 0.25) is 0 Å². The number of allylic oxidation sites excluding steroid dienone is 17. The molecular weight excluding hydrogens is 1000 g/mol. The molecule has 0 spiro atoms. The van der Waals surface area contributed by atoms with Crippen molar-refractivity contribution in [2.45, 2.75) is 277 Å². The molecule has 0 heterocycles. The van der Waals surface area contributed by atoms with Crippen LogP contribution in [-0.4, -0.2) is 69.4 Å². The third-order valence-electron chi connectivity index (χ3n) is 13.7. The maximum atomic E-state index is 13.6. The van der Waals surface area contributed by atoms with Gasteiger partial charge < -0.3 is 28.5 Å². The van der Waals surface area contributed by atoms with Gasteiger partial charge in [0.05, 0.1) is 33.8 Å². The van der Waals surface area contributed by atoms with Gasteiger partial charge in [-0.15, -0.1) is 0 Å². The molecule has 79 heavy (non-hydrogen) atoms. The average Bonchev–Trinajstić information content (AvgIpc) is 3.41. The van der Waals surface area contributed by atoms with Crippen LogP contribution >= 0.6 is 7.82 Å². The van der Waals surface area contributed by atoms with E-state index in [9.17, 15) is 19.0 Å². The number of nitrogens with zero attached hydrogens (tertiary/aromatic N) is 1. The van der Waals surface area contributed by atoms with E-state index in [2.05, 4.69) is 123 Å². The molecule has 1 amide bonds. The largest absolute Gasteiger partial charge is 0.756 e. The summed E-state index contributed by atoms with van der Waals surface area (Å²) in [5.41, 5.74) is 0. The maximum Gasteiger partial charge on any atom is 0.306 e. The van der Waals surface area contributed by atoms with Gasteiger partial charge in [-0.1, -0.05) is 246 Å².